The Labute approximate surface area is 145 Å². The summed E-state index contributed by atoms with van der Waals surface area (Å²) in [4.78, 5) is 15.3. The Morgan fingerprint density at radius 3 is 2.56 bits per heavy atom. The Kier molecular flexibility index (Phi) is 4.26. The van der Waals surface area contributed by atoms with Gasteiger partial charge in [0.15, 0.2) is 5.79 Å². The van der Waals surface area contributed by atoms with E-state index < -0.39 is 11.9 Å². The zero-order chi connectivity index (χ0) is 17.4. The van der Waals surface area contributed by atoms with Crippen LogP contribution in [0.25, 0.3) is 0 Å². The van der Waals surface area contributed by atoms with Gasteiger partial charge in [-0.05, 0) is 18.2 Å². The minimum absolute atomic E-state index is 0.252. The van der Waals surface area contributed by atoms with E-state index in [1.165, 1.54) is 11.0 Å². The Bertz CT molecular complexity index is 655. The normalized spacial score (nSPS) is 25.7. The van der Waals surface area contributed by atoms with Gasteiger partial charge in [0.05, 0.1) is 31.1 Å². The number of benzene rings is 1. The van der Waals surface area contributed by atoms with Crippen LogP contribution in [0.4, 0.5) is 20.6 Å². The number of rotatable bonds is 3. The summed E-state index contributed by atoms with van der Waals surface area (Å²) in [6.45, 7) is 3.17. The van der Waals surface area contributed by atoms with Crippen LogP contribution in [0.3, 0.4) is 0 Å². The van der Waals surface area contributed by atoms with Gasteiger partial charge in [-0.2, -0.15) is 0 Å². The molecule has 1 aromatic carbocycles. The van der Waals surface area contributed by atoms with Gasteiger partial charge in [0.1, 0.15) is 11.9 Å². The second-order valence-corrected chi connectivity index (χ2v) is 6.58. The van der Waals surface area contributed by atoms with Crippen LogP contribution in [0.15, 0.2) is 18.2 Å². The lowest BCUT2D eigenvalue weighted by Crippen LogP contribution is -2.45. The number of amides is 1. The first-order valence-electron chi connectivity index (χ1n) is 8.61. The van der Waals surface area contributed by atoms with Gasteiger partial charge in [0.25, 0.3) is 0 Å². The first-order valence-corrected chi connectivity index (χ1v) is 8.61. The summed E-state index contributed by atoms with van der Waals surface area (Å²) in [5.41, 5.74) is 6.54. The number of ether oxygens (including phenoxy) is 3. The molecule has 136 valence electrons. The van der Waals surface area contributed by atoms with Crippen LogP contribution in [0.2, 0.25) is 0 Å². The number of nitrogens with two attached hydrogens (primary N) is 1. The predicted octanol–water partition coefficient (Wildman–Crippen LogP) is 1.45. The summed E-state index contributed by atoms with van der Waals surface area (Å²) < 4.78 is 31.2. The second kappa shape index (κ2) is 6.44. The van der Waals surface area contributed by atoms with Crippen molar-refractivity contribution in [1.82, 2.24) is 0 Å². The highest BCUT2D eigenvalue weighted by Crippen LogP contribution is 2.35. The number of anilines is 2. The number of nitrogens with zero attached hydrogens (tertiary/aromatic N) is 2. The molecule has 25 heavy (non-hydrogen) atoms. The van der Waals surface area contributed by atoms with Crippen LogP contribution in [0, 0.1) is 5.82 Å². The van der Waals surface area contributed by atoms with E-state index >= 15 is 0 Å². The summed E-state index contributed by atoms with van der Waals surface area (Å²) in [5.74, 6) is -0.839. The van der Waals surface area contributed by atoms with Gasteiger partial charge >= 0.3 is 6.09 Å². The van der Waals surface area contributed by atoms with E-state index in [9.17, 15) is 9.18 Å². The number of halogens is 1. The van der Waals surface area contributed by atoms with Crippen LogP contribution >= 0.6 is 0 Å². The second-order valence-electron chi connectivity index (χ2n) is 6.58. The van der Waals surface area contributed by atoms with Crippen molar-refractivity contribution >= 4 is 17.5 Å². The van der Waals surface area contributed by atoms with Gasteiger partial charge in [-0.3, -0.25) is 4.90 Å². The van der Waals surface area contributed by atoms with Crippen LogP contribution in [0.5, 0.6) is 0 Å². The quantitative estimate of drug-likeness (QED) is 0.888. The molecule has 1 atom stereocenters. The van der Waals surface area contributed by atoms with Crippen molar-refractivity contribution in [1.29, 1.82) is 0 Å². The van der Waals surface area contributed by atoms with E-state index in [0.717, 1.165) is 0 Å². The largest absolute Gasteiger partial charge is 0.443 e. The van der Waals surface area contributed by atoms with Gasteiger partial charge in [0, 0.05) is 32.5 Å². The minimum atomic E-state index is -0.488. The molecular formula is C17H22FN3O4. The Morgan fingerprint density at radius 2 is 1.96 bits per heavy atom. The van der Waals surface area contributed by atoms with Gasteiger partial charge < -0.3 is 24.8 Å². The van der Waals surface area contributed by atoms with Gasteiger partial charge in [0.2, 0.25) is 0 Å². The number of carbonyl (C=O) groups is 1. The van der Waals surface area contributed by atoms with Crippen molar-refractivity contribution in [3.05, 3.63) is 24.0 Å². The Hall–Kier alpha value is -1.90. The van der Waals surface area contributed by atoms with E-state index in [4.69, 9.17) is 19.9 Å². The molecule has 0 saturated carbocycles. The first-order chi connectivity index (χ1) is 12.1. The summed E-state index contributed by atoms with van der Waals surface area (Å²) in [5, 5.41) is 0. The number of carbonyl (C=O) groups excluding carboxylic acids is 1. The minimum Gasteiger partial charge on any atom is -0.443 e. The fraction of sp³-hybridized carbons (Fsp3) is 0.588. The molecule has 3 heterocycles. The Balaban J connectivity index is 1.46. The smallest absolute Gasteiger partial charge is 0.414 e. The molecule has 7 nitrogen and oxygen atoms in total. The molecule has 0 radical (unpaired) electrons. The lowest BCUT2D eigenvalue weighted by Gasteiger charge is -2.38. The molecule has 3 saturated heterocycles. The molecule has 1 spiro atoms. The molecule has 3 aliphatic heterocycles. The number of hydrogen-bond acceptors (Lipinski definition) is 6. The van der Waals surface area contributed by atoms with E-state index in [2.05, 4.69) is 0 Å². The van der Waals surface area contributed by atoms with Gasteiger partial charge in [-0.15, -0.1) is 0 Å². The maximum atomic E-state index is 14.7. The fourth-order valence-corrected chi connectivity index (χ4v) is 3.65. The summed E-state index contributed by atoms with van der Waals surface area (Å²) >= 11 is 0. The monoisotopic (exact) mass is 351 g/mol. The molecule has 0 bridgehead atoms. The van der Waals surface area contributed by atoms with Crippen LogP contribution in [0.1, 0.15) is 12.8 Å². The first kappa shape index (κ1) is 16.6. The van der Waals surface area contributed by atoms with Crippen molar-refractivity contribution in [3.63, 3.8) is 0 Å². The topological polar surface area (TPSA) is 77.3 Å². The number of cyclic esters (lactones) is 1. The number of piperidine rings is 1. The third-order valence-electron chi connectivity index (χ3n) is 5.06. The van der Waals surface area contributed by atoms with Crippen LogP contribution < -0.4 is 15.5 Å². The molecule has 0 aromatic heterocycles. The average molecular weight is 351 g/mol. The summed E-state index contributed by atoms with van der Waals surface area (Å²) in [6, 6.07) is 4.83. The van der Waals surface area contributed by atoms with Crippen molar-refractivity contribution in [2.45, 2.75) is 24.7 Å². The highest BCUT2D eigenvalue weighted by molar-refractivity contribution is 5.90. The molecule has 0 aliphatic carbocycles. The standard InChI is InChI=1S/C17H22FN3O4/c18-14-9-12(21-11-13(10-19)25-16(21)22)1-2-15(14)20-5-3-17(4-6-20)23-7-8-24-17/h1-2,9,13H,3-8,10-11,19H2. The zero-order valence-electron chi connectivity index (χ0n) is 13.9. The molecule has 3 fully saturated rings. The summed E-state index contributed by atoms with van der Waals surface area (Å²) in [6.07, 6.45) is 0.591. The van der Waals surface area contributed by atoms with Crippen LogP contribution in [-0.2, 0) is 14.2 Å². The zero-order valence-corrected chi connectivity index (χ0v) is 13.9. The highest BCUT2D eigenvalue weighted by Gasteiger charge is 2.40. The molecule has 1 amide bonds. The van der Waals surface area contributed by atoms with E-state index in [1.54, 1.807) is 12.1 Å². The lowest BCUT2D eigenvalue weighted by atomic mass is 10.0. The van der Waals surface area contributed by atoms with E-state index in [-0.39, 0.29) is 18.5 Å². The maximum absolute atomic E-state index is 14.7. The molecule has 1 aromatic rings. The molecular weight excluding hydrogens is 329 g/mol. The van der Waals surface area contributed by atoms with E-state index in [1.807, 2.05) is 4.90 Å². The third kappa shape index (κ3) is 3.05. The molecule has 1 unspecified atom stereocenters. The molecule has 3 aliphatic rings. The number of hydrogen-bond donors (Lipinski definition) is 1. The van der Waals surface area contributed by atoms with Crippen LogP contribution in [-0.4, -0.2) is 57.4 Å². The molecule has 4 rings (SSSR count). The maximum Gasteiger partial charge on any atom is 0.414 e. The fourth-order valence-electron chi connectivity index (χ4n) is 3.65. The van der Waals surface area contributed by atoms with Gasteiger partial charge in [-0.25, -0.2) is 9.18 Å². The third-order valence-corrected chi connectivity index (χ3v) is 5.06. The predicted molar refractivity (Wildman–Crippen MR) is 89.2 cm³/mol. The SMILES string of the molecule is NCC1CN(c2ccc(N3CCC4(CC3)OCCO4)c(F)c2)C(=O)O1. The van der Waals surface area contributed by atoms with Crippen molar-refractivity contribution < 1.29 is 23.4 Å². The van der Waals surface area contributed by atoms with E-state index in [0.29, 0.717) is 57.1 Å². The highest BCUT2D eigenvalue weighted by atomic mass is 19.1. The van der Waals surface area contributed by atoms with Crippen molar-refractivity contribution in [2.75, 3.05) is 49.2 Å². The Morgan fingerprint density at radius 1 is 1.24 bits per heavy atom. The van der Waals surface area contributed by atoms with Crippen molar-refractivity contribution in [3.8, 4) is 0 Å². The molecule has 2 N–H and O–H groups in total. The van der Waals surface area contributed by atoms with Crippen molar-refractivity contribution in [2.24, 2.45) is 5.73 Å². The summed E-state index contributed by atoms with van der Waals surface area (Å²) in [7, 11) is 0. The average Bonchev–Trinajstić information content (AvgIpc) is 3.23. The molecule has 8 heteroatoms. The van der Waals surface area contributed by atoms with Gasteiger partial charge in [-0.1, -0.05) is 0 Å². The lowest BCUT2D eigenvalue weighted by molar-refractivity contribution is -0.169.